The molecule has 0 spiro atoms. The van der Waals surface area contributed by atoms with Gasteiger partial charge in [0, 0.05) is 17.8 Å². The zero-order chi connectivity index (χ0) is 9.73. The van der Waals surface area contributed by atoms with Gasteiger partial charge in [-0.2, -0.15) is 11.8 Å². The zero-order valence-electron chi connectivity index (χ0n) is 8.01. The first-order chi connectivity index (χ1) is 6.18. The highest BCUT2D eigenvalue weighted by molar-refractivity contribution is 8.00. The monoisotopic (exact) mass is 203 g/mol. The summed E-state index contributed by atoms with van der Waals surface area (Å²) in [6.07, 6.45) is 6.23. The summed E-state index contributed by atoms with van der Waals surface area (Å²) in [6, 6.07) is 0. The van der Waals surface area contributed by atoms with Crippen LogP contribution >= 0.6 is 11.8 Å². The van der Waals surface area contributed by atoms with Gasteiger partial charge in [0.25, 0.3) is 0 Å². The highest BCUT2D eigenvalue weighted by Crippen LogP contribution is 2.41. The fraction of sp³-hybridized carbons (Fsp3) is 0.889. The number of carboxylic acids is 1. The summed E-state index contributed by atoms with van der Waals surface area (Å²) >= 11 is 1.91. The Kier molecular flexibility index (Phi) is 4.06. The highest BCUT2D eigenvalue weighted by Gasteiger charge is 2.35. The molecule has 1 saturated carbocycles. The minimum Gasteiger partial charge on any atom is -0.481 e. The number of hydrogen-bond donors (Lipinski definition) is 2. The number of carboxylic acid groups (broad SMARTS) is 1. The molecule has 1 aliphatic carbocycles. The summed E-state index contributed by atoms with van der Waals surface area (Å²) in [5, 5.41) is 11.6. The predicted molar refractivity (Wildman–Crippen MR) is 55.2 cm³/mol. The van der Waals surface area contributed by atoms with E-state index < -0.39 is 5.97 Å². The predicted octanol–water partition coefficient (Wildman–Crippen LogP) is 1.34. The Bertz CT molecular complexity index is 175. The van der Waals surface area contributed by atoms with Crippen LogP contribution in [0.3, 0.4) is 0 Å². The van der Waals surface area contributed by atoms with Crippen molar-refractivity contribution in [2.45, 2.75) is 30.4 Å². The number of hydrogen-bond acceptors (Lipinski definition) is 3. The molecule has 76 valence electrons. The molecule has 0 aromatic heterocycles. The van der Waals surface area contributed by atoms with E-state index in [1.54, 1.807) is 0 Å². The lowest BCUT2D eigenvalue weighted by atomic mass is 9.84. The molecule has 1 rings (SSSR count). The molecular weight excluding hydrogens is 186 g/mol. The maximum absolute atomic E-state index is 10.2. The number of carbonyl (C=O) groups is 1. The van der Waals surface area contributed by atoms with Gasteiger partial charge in [-0.3, -0.25) is 4.79 Å². The minimum absolute atomic E-state index is 0.227. The fourth-order valence-corrected chi connectivity index (χ4v) is 2.48. The van der Waals surface area contributed by atoms with Crippen molar-refractivity contribution in [1.82, 2.24) is 5.32 Å². The summed E-state index contributed by atoms with van der Waals surface area (Å²) in [5.41, 5.74) is 0. The second kappa shape index (κ2) is 4.86. The molecule has 4 heteroatoms. The van der Waals surface area contributed by atoms with E-state index in [9.17, 15) is 4.79 Å². The molecule has 1 fully saturated rings. The molecule has 0 amide bonds. The molecule has 0 heterocycles. The first-order valence-corrected chi connectivity index (χ1v) is 5.89. The Morgan fingerprint density at radius 3 is 2.69 bits per heavy atom. The largest absolute Gasteiger partial charge is 0.481 e. The molecular formula is C9H17NO2S. The lowest BCUT2D eigenvalue weighted by Crippen LogP contribution is -2.43. The van der Waals surface area contributed by atoms with Crippen LogP contribution in [0.4, 0.5) is 0 Å². The summed E-state index contributed by atoms with van der Waals surface area (Å²) in [4.78, 5) is 10.2. The minimum atomic E-state index is -0.723. The van der Waals surface area contributed by atoms with E-state index in [4.69, 9.17) is 5.11 Å². The highest BCUT2D eigenvalue weighted by atomic mass is 32.2. The smallest absolute Gasteiger partial charge is 0.304 e. The van der Waals surface area contributed by atoms with Gasteiger partial charge >= 0.3 is 5.97 Å². The molecule has 0 atom stereocenters. The van der Waals surface area contributed by atoms with Gasteiger partial charge in [0.1, 0.15) is 0 Å². The maximum Gasteiger partial charge on any atom is 0.304 e. The van der Waals surface area contributed by atoms with Gasteiger partial charge in [-0.1, -0.05) is 6.42 Å². The van der Waals surface area contributed by atoms with Crippen molar-refractivity contribution in [3.63, 3.8) is 0 Å². The summed E-state index contributed by atoms with van der Waals surface area (Å²) in [6.45, 7) is 1.55. The van der Waals surface area contributed by atoms with E-state index >= 15 is 0 Å². The lowest BCUT2D eigenvalue weighted by Gasteiger charge is -2.40. The van der Waals surface area contributed by atoms with Gasteiger partial charge in [-0.15, -0.1) is 0 Å². The van der Waals surface area contributed by atoms with E-state index in [1.165, 1.54) is 19.3 Å². The van der Waals surface area contributed by atoms with Crippen molar-refractivity contribution in [3.8, 4) is 0 Å². The zero-order valence-corrected chi connectivity index (χ0v) is 8.82. The molecule has 0 aromatic carbocycles. The number of nitrogens with one attached hydrogen (secondary N) is 1. The van der Waals surface area contributed by atoms with Crippen molar-refractivity contribution in [3.05, 3.63) is 0 Å². The third-order valence-corrected chi connectivity index (χ3v) is 4.08. The van der Waals surface area contributed by atoms with Crippen LogP contribution in [0.15, 0.2) is 0 Å². The SMILES string of the molecule is CSC1(CNCCC(=O)O)CCC1. The summed E-state index contributed by atoms with van der Waals surface area (Å²) < 4.78 is 0.415. The number of aliphatic carboxylic acids is 1. The van der Waals surface area contributed by atoms with E-state index in [0.717, 1.165) is 6.54 Å². The van der Waals surface area contributed by atoms with Gasteiger partial charge in [-0.05, 0) is 19.1 Å². The average molecular weight is 203 g/mol. The van der Waals surface area contributed by atoms with Crippen molar-refractivity contribution in [2.24, 2.45) is 0 Å². The number of rotatable bonds is 6. The number of thioether (sulfide) groups is 1. The molecule has 1 aliphatic rings. The van der Waals surface area contributed by atoms with Crippen molar-refractivity contribution in [1.29, 1.82) is 0 Å². The van der Waals surface area contributed by atoms with Crippen molar-refractivity contribution in [2.75, 3.05) is 19.3 Å². The maximum atomic E-state index is 10.2. The first-order valence-electron chi connectivity index (χ1n) is 4.66. The van der Waals surface area contributed by atoms with Crippen molar-refractivity contribution >= 4 is 17.7 Å². The van der Waals surface area contributed by atoms with Crippen LogP contribution in [-0.4, -0.2) is 35.2 Å². The Hall–Kier alpha value is -0.220. The van der Waals surface area contributed by atoms with E-state index in [0.29, 0.717) is 11.3 Å². The molecule has 0 saturated heterocycles. The van der Waals surface area contributed by atoms with Gasteiger partial charge in [0.2, 0.25) is 0 Å². The van der Waals surface area contributed by atoms with Crippen LogP contribution in [0.5, 0.6) is 0 Å². The third-order valence-electron chi connectivity index (χ3n) is 2.66. The second-order valence-electron chi connectivity index (χ2n) is 3.56. The van der Waals surface area contributed by atoms with E-state index in [1.807, 2.05) is 11.8 Å². The van der Waals surface area contributed by atoms with E-state index in [2.05, 4.69) is 11.6 Å². The molecule has 0 aliphatic heterocycles. The van der Waals surface area contributed by atoms with Crippen molar-refractivity contribution < 1.29 is 9.90 Å². The average Bonchev–Trinajstić information content (AvgIpc) is 2.01. The molecule has 0 radical (unpaired) electrons. The second-order valence-corrected chi connectivity index (χ2v) is 4.84. The summed E-state index contributed by atoms with van der Waals surface area (Å²) in [5.74, 6) is -0.723. The standard InChI is InChI=1S/C9H17NO2S/c1-13-9(4-2-5-9)7-10-6-3-8(11)12/h10H,2-7H2,1H3,(H,11,12). The van der Waals surface area contributed by atoms with Gasteiger partial charge < -0.3 is 10.4 Å². The molecule has 13 heavy (non-hydrogen) atoms. The van der Waals surface area contributed by atoms with Crippen LogP contribution in [0.25, 0.3) is 0 Å². The Morgan fingerprint density at radius 1 is 1.62 bits per heavy atom. The molecule has 2 N–H and O–H groups in total. The fourth-order valence-electron chi connectivity index (χ4n) is 1.54. The van der Waals surface area contributed by atoms with Gasteiger partial charge in [0.05, 0.1) is 6.42 Å². The normalized spacial score (nSPS) is 19.5. The van der Waals surface area contributed by atoms with Crippen LogP contribution in [0, 0.1) is 0 Å². The Balaban J connectivity index is 2.07. The first kappa shape index (κ1) is 10.9. The van der Waals surface area contributed by atoms with Crippen LogP contribution < -0.4 is 5.32 Å². The molecule has 0 aromatic rings. The van der Waals surface area contributed by atoms with E-state index in [-0.39, 0.29) is 6.42 Å². The van der Waals surface area contributed by atoms with Crippen LogP contribution in [0.1, 0.15) is 25.7 Å². The molecule has 0 unspecified atom stereocenters. The topological polar surface area (TPSA) is 49.3 Å². The molecule has 3 nitrogen and oxygen atoms in total. The Morgan fingerprint density at radius 2 is 2.31 bits per heavy atom. The van der Waals surface area contributed by atoms with Crippen LogP contribution in [-0.2, 0) is 4.79 Å². The van der Waals surface area contributed by atoms with Gasteiger partial charge in [-0.25, -0.2) is 0 Å². The Labute approximate surface area is 83.3 Å². The third kappa shape index (κ3) is 3.19. The molecule has 0 bridgehead atoms. The quantitative estimate of drug-likeness (QED) is 0.640. The lowest BCUT2D eigenvalue weighted by molar-refractivity contribution is -0.136. The van der Waals surface area contributed by atoms with Crippen LogP contribution in [0.2, 0.25) is 0 Å². The summed E-state index contributed by atoms with van der Waals surface area (Å²) in [7, 11) is 0. The van der Waals surface area contributed by atoms with Gasteiger partial charge in [0.15, 0.2) is 0 Å².